The van der Waals surface area contributed by atoms with Crippen LogP contribution in [0, 0.1) is 5.82 Å². The Kier molecular flexibility index (Phi) is 4.57. The molecule has 0 unspecified atom stereocenters. The second-order valence-corrected chi connectivity index (χ2v) is 5.96. The summed E-state index contributed by atoms with van der Waals surface area (Å²) in [5.41, 5.74) is 3.27. The van der Waals surface area contributed by atoms with Gasteiger partial charge >= 0.3 is 0 Å². The number of hydrogen-bond acceptors (Lipinski definition) is 4. The van der Waals surface area contributed by atoms with E-state index in [1.54, 1.807) is 35.1 Å². The minimum absolute atomic E-state index is 0.246. The Morgan fingerprint density at radius 3 is 2.67 bits per heavy atom. The molecule has 3 heterocycles. The van der Waals surface area contributed by atoms with Crippen molar-refractivity contribution in [2.45, 2.75) is 6.42 Å². The Morgan fingerprint density at radius 1 is 1.04 bits per heavy atom. The van der Waals surface area contributed by atoms with E-state index in [1.807, 2.05) is 18.2 Å². The fraction of sp³-hybridized carbons (Fsp3) is 0.100. The van der Waals surface area contributed by atoms with Crippen molar-refractivity contribution in [3.05, 3.63) is 84.2 Å². The van der Waals surface area contributed by atoms with E-state index in [4.69, 9.17) is 0 Å². The molecular formula is C20H16FN5O. The van der Waals surface area contributed by atoms with Crippen molar-refractivity contribution in [3.63, 3.8) is 0 Å². The first-order chi connectivity index (χ1) is 13.2. The third-order valence-electron chi connectivity index (χ3n) is 4.18. The van der Waals surface area contributed by atoms with Crippen LogP contribution >= 0.6 is 0 Å². The van der Waals surface area contributed by atoms with Gasteiger partial charge in [-0.05, 0) is 42.5 Å². The smallest absolute Gasteiger partial charge is 0.256 e. The standard InChI is InChI=1S/C20H16FN5O/c21-15-6-4-14(5-7-15)18-9-12-23-19-17(13-25-26(18)19)20(27)24-11-8-16-3-1-2-10-22-16/h1-7,9-10,12-13H,8,11H2,(H,24,27). The molecule has 7 heteroatoms. The lowest BCUT2D eigenvalue weighted by Crippen LogP contribution is -2.25. The number of nitrogens with one attached hydrogen (secondary N) is 1. The summed E-state index contributed by atoms with van der Waals surface area (Å²) in [6.45, 7) is 0.463. The number of pyridine rings is 1. The number of rotatable bonds is 5. The number of hydrogen-bond donors (Lipinski definition) is 1. The van der Waals surface area contributed by atoms with Gasteiger partial charge in [-0.3, -0.25) is 9.78 Å². The fourth-order valence-electron chi connectivity index (χ4n) is 2.84. The van der Waals surface area contributed by atoms with Gasteiger partial charge in [0.05, 0.1) is 11.9 Å². The highest BCUT2D eigenvalue weighted by molar-refractivity contribution is 5.99. The van der Waals surface area contributed by atoms with Gasteiger partial charge in [-0.15, -0.1) is 0 Å². The van der Waals surface area contributed by atoms with E-state index < -0.39 is 0 Å². The fourth-order valence-corrected chi connectivity index (χ4v) is 2.84. The van der Waals surface area contributed by atoms with Crippen LogP contribution in [-0.2, 0) is 6.42 Å². The molecule has 1 N–H and O–H groups in total. The lowest BCUT2D eigenvalue weighted by Gasteiger charge is -2.06. The molecule has 0 atom stereocenters. The van der Waals surface area contributed by atoms with Gasteiger partial charge in [-0.1, -0.05) is 6.07 Å². The zero-order chi connectivity index (χ0) is 18.6. The predicted octanol–water partition coefficient (Wildman–Crippen LogP) is 2.90. The van der Waals surface area contributed by atoms with E-state index in [2.05, 4.69) is 20.4 Å². The normalized spacial score (nSPS) is 10.9. The first-order valence-corrected chi connectivity index (χ1v) is 8.49. The van der Waals surface area contributed by atoms with Gasteiger partial charge < -0.3 is 5.32 Å². The van der Waals surface area contributed by atoms with Gasteiger partial charge in [0.1, 0.15) is 11.4 Å². The number of carbonyl (C=O) groups excluding carboxylic acids is 1. The van der Waals surface area contributed by atoms with Crippen molar-refractivity contribution in [1.29, 1.82) is 0 Å². The van der Waals surface area contributed by atoms with Crippen LogP contribution in [0.2, 0.25) is 0 Å². The predicted molar refractivity (Wildman–Crippen MR) is 98.7 cm³/mol. The first kappa shape index (κ1) is 16.8. The summed E-state index contributed by atoms with van der Waals surface area (Å²) in [5, 5.41) is 7.16. The van der Waals surface area contributed by atoms with E-state index in [0.29, 0.717) is 24.2 Å². The van der Waals surface area contributed by atoms with Gasteiger partial charge in [0.25, 0.3) is 5.91 Å². The number of aromatic nitrogens is 4. The molecule has 0 saturated heterocycles. The maximum atomic E-state index is 13.2. The summed E-state index contributed by atoms with van der Waals surface area (Å²) in [7, 11) is 0. The number of amides is 1. The molecule has 0 aliphatic rings. The van der Waals surface area contributed by atoms with Crippen molar-refractivity contribution in [2.75, 3.05) is 6.54 Å². The van der Waals surface area contributed by atoms with Gasteiger partial charge in [-0.2, -0.15) is 5.10 Å². The Hall–Kier alpha value is -3.61. The average molecular weight is 361 g/mol. The van der Waals surface area contributed by atoms with E-state index >= 15 is 0 Å². The molecule has 27 heavy (non-hydrogen) atoms. The molecule has 0 fully saturated rings. The Morgan fingerprint density at radius 2 is 1.89 bits per heavy atom. The maximum absolute atomic E-state index is 13.2. The monoisotopic (exact) mass is 361 g/mol. The number of fused-ring (bicyclic) bond motifs is 1. The summed E-state index contributed by atoms with van der Waals surface area (Å²) in [6, 6.07) is 13.6. The molecule has 0 aliphatic heterocycles. The summed E-state index contributed by atoms with van der Waals surface area (Å²) in [4.78, 5) is 21.0. The largest absolute Gasteiger partial charge is 0.351 e. The number of benzene rings is 1. The molecule has 0 spiro atoms. The van der Waals surface area contributed by atoms with Crippen LogP contribution in [0.3, 0.4) is 0 Å². The SMILES string of the molecule is O=C(NCCc1ccccn1)c1cnn2c(-c3ccc(F)cc3)ccnc12. The Bertz CT molecular complexity index is 1080. The molecule has 3 aromatic heterocycles. The number of nitrogens with zero attached hydrogens (tertiary/aromatic N) is 4. The topological polar surface area (TPSA) is 72.2 Å². The first-order valence-electron chi connectivity index (χ1n) is 8.49. The molecule has 0 saturated carbocycles. The maximum Gasteiger partial charge on any atom is 0.256 e. The van der Waals surface area contributed by atoms with Crippen molar-refractivity contribution in [1.82, 2.24) is 24.9 Å². The highest BCUT2D eigenvalue weighted by atomic mass is 19.1. The van der Waals surface area contributed by atoms with Crippen molar-refractivity contribution in [3.8, 4) is 11.3 Å². The molecule has 0 radical (unpaired) electrons. The van der Waals surface area contributed by atoms with Gasteiger partial charge in [0, 0.05) is 36.6 Å². The van der Waals surface area contributed by atoms with E-state index in [1.165, 1.54) is 18.3 Å². The molecule has 1 aromatic carbocycles. The summed E-state index contributed by atoms with van der Waals surface area (Å²) in [6.07, 6.45) is 5.47. The van der Waals surface area contributed by atoms with Gasteiger partial charge in [0.15, 0.2) is 5.65 Å². The Labute approximate surface area is 154 Å². The van der Waals surface area contributed by atoms with Crippen LogP contribution in [0.4, 0.5) is 4.39 Å². The molecule has 1 amide bonds. The zero-order valence-electron chi connectivity index (χ0n) is 14.3. The number of halogens is 1. The molecule has 4 rings (SSSR count). The molecule has 0 bridgehead atoms. The molecule has 6 nitrogen and oxygen atoms in total. The zero-order valence-corrected chi connectivity index (χ0v) is 14.3. The van der Waals surface area contributed by atoms with Crippen LogP contribution in [-0.4, -0.2) is 32.0 Å². The van der Waals surface area contributed by atoms with E-state index in [0.717, 1.165) is 17.0 Å². The van der Waals surface area contributed by atoms with Gasteiger partial charge in [-0.25, -0.2) is 13.9 Å². The summed E-state index contributed by atoms with van der Waals surface area (Å²) in [5.74, 6) is -0.554. The van der Waals surface area contributed by atoms with Crippen molar-refractivity contribution in [2.24, 2.45) is 0 Å². The quantitative estimate of drug-likeness (QED) is 0.593. The second kappa shape index (κ2) is 7.33. The van der Waals surface area contributed by atoms with Gasteiger partial charge in [0.2, 0.25) is 0 Å². The van der Waals surface area contributed by atoms with Crippen LogP contribution in [0.1, 0.15) is 16.1 Å². The third kappa shape index (κ3) is 3.52. The highest BCUT2D eigenvalue weighted by Crippen LogP contribution is 2.21. The second-order valence-electron chi connectivity index (χ2n) is 5.96. The summed E-state index contributed by atoms with van der Waals surface area (Å²) >= 11 is 0. The van der Waals surface area contributed by atoms with Crippen LogP contribution in [0.25, 0.3) is 16.9 Å². The van der Waals surface area contributed by atoms with Crippen LogP contribution in [0.5, 0.6) is 0 Å². The molecule has 134 valence electrons. The molecule has 4 aromatic rings. The molecule has 0 aliphatic carbocycles. The molecular weight excluding hydrogens is 345 g/mol. The highest BCUT2D eigenvalue weighted by Gasteiger charge is 2.16. The van der Waals surface area contributed by atoms with Crippen molar-refractivity contribution < 1.29 is 9.18 Å². The Balaban J connectivity index is 1.55. The van der Waals surface area contributed by atoms with Crippen molar-refractivity contribution >= 4 is 11.6 Å². The van der Waals surface area contributed by atoms with Crippen LogP contribution in [0.15, 0.2) is 67.1 Å². The summed E-state index contributed by atoms with van der Waals surface area (Å²) < 4.78 is 14.8. The van der Waals surface area contributed by atoms with E-state index in [9.17, 15) is 9.18 Å². The minimum Gasteiger partial charge on any atom is -0.351 e. The minimum atomic E-state index is -0.308. The third-order valence-corrected chi connectivity index (χ3v) is 4.18. The number of carbonyl (C=O) groups is 1. The lowest BCUT2D eigenvalue weighted by atomic mass is 10.1. The van der Waals surface area contributed by atoms with E-state index in [-0.39, 0.29) is 11.7 Å². The van der Waals surface area contributed by atoms with Crippen LogP contribution < -0.4 is 5.32 Å². The lowest BCUT2D eigenvalue weighted by molar-refractivity contribution is 0.0955. The average Bonchev–Trinajstić information content (AvgIpc) is 3.14.